The summed E-state index contributed by atoms with van der Waals surface area (Å²) in [7, 11) is 0. The van der Waals surface area contributed by atoms with E-state index in [1.165, 1.54) is 0 Å². The molecule has 0 spiro atoms. The van der Waals surface area contributed by atoms with Gasteiger partial charge in [-0.05, 0) is 58.0 Å². The maximum atomic E-state index is 12.4. The van der Waals surface area contributed by atoms with Crippen molar-refractivity contribution in [3.8, 4) is 6.07 Å². The predicted octanol–water partition coefficient (Wildman–Crippen LogP) is 2.82. The number of nitrogens with one attached hydrogen (secondary N) is 1. The van der Waals surface area contributed by atoms with E-state index in [1.54, 1.807) is 38.1 Å². The quantitative estimate of drug-likeness (QED) is 0.803. The molecule has 6 heteroatoms. The molecule has 1 aliphatic heterocycles. The first-order valence-electron chi connectivity index (χ1n) is 8.71. The van der Waals surface area contributed by atoms with Crippen LogP contribution in [0.15, 0.2) is 24.3 Å². The molecule has 0 unspecified atom stereocenters. The average Bonchev–Trinajstić information content (AvgIpc) is 2.60. The summed E-state index contributed by atoms with van der Waals surface area (Å²) in [5.74, 6) is -0.448. The molecule has 1 fully saturated rings. The van der Waals surface area contributed by atoms with Gasteiger partial charge in [0, 0.05) is 24.6 Å². The first kappa shape index (κ1) is 18.9. The van der Waals surface area contributed by atoms with Crippen LogP contribution in [0, 0.1) is 17.2 Å². The van der Waals surface area contributed by atoms with Gasteiger partial charge < -0.3 is 15.0 Å². The Morgan fingerprint density at radius 2 is 2.08 bits per heavy atom. The van der Waals surface area contributed by atoms with E-state index in [1.807, 2.05) is 0 Å². The van der Waals surface area contributed by atoms with Crippen LogP contribution in [-0.2, 0) is 9.53 Å². The number of nitrogens with zero attached hydrogens (tertiary/aromatic N) is 2. The van der Waals surface area contributed by atoms with Crippen LogP contribution in [0.2, 0.25) is 0 Å². The van der Waals surface area contributed by atoms with Gasteiger partial charge in [0.25, 0.3) is 0 Å². The summed E-state index contributed by atoms with van der Waals surface area (Å²) >= 11 is 0. The van der Waals surface area contributed by atoms with Crippen LogP contribution in [-0.4, -0.2) is 42.5 Å². The Labute approximate surface area is 148 Å². The number of esters is 1. The number of carbonyl (C=O) groups excluding carboxylic acids is 2. The molecule has 1 heterocycles. The summed E-state index contributed by atoms with van der Waals surface area (Å²) < 4.78 is 5.18. The number of amides is 1. The number of ether oxygens (including phenoxy) is 1. The molecule has 0 radical (unpaired) electrons. The fraction of sp³-hybridized carbons (Fsp3) is 0.526. The van der Waals surface area contributed by atoms with Crippen LogP contribution in [0.4, 0.5) is 5.69 Å². The highest BCUT2D eigenvalue weighted by molar-refractivity contribution is 5.95. The number of hydrogen-bond acceptors (Lipinski definition) is 5. The summed E-state index contributed by atoms with van der Waals surface area (Å²) in [6.07, 6.45) is 1.91. The molecule has 134 valence electrons. The molecule has 0 atom stereocenters. The Hall–Kier alpha value is -2.39. The average molecular weight is 343 g/mol. The van der Waals surface area contributed by atoms with Crippen molar-refractivity contribution in [1.29, 1.82) is 5.26 Å². The molecule has 6 nitrogen and oxygen atoms in total. The number of rotatable bonds is 6. The van der Waals surface area contributed by atoms with Crippen LogP contribution in [0.1, 0.15) is 43.5 Å². The summed E-state index contributed by atoms with van der Waals surface area (Å²) in [4.78, 5) is 26.6. The fourth-order valence-corrected chi connectivity index (χ4v) is 2.88. The third kappa shape index (κ3) is 5.87. The van der Waals surface area contributed by atoms with E-state index >= 15 is 0 Å². The maximum Gasteiger partial charge on any atom is 0.338 e. The van der Waals surface area contributed by atoms with Crippen molar-refractivity contribution in [2.75, 3.05) is 25.0 Å². The van der Waals surface area contributed by atoms with Gasteiger partial charge in [0.15, 0.2) is 0 Å². The number of hydrogen-bond donors (Lipinski definition) is 1. The minimum Gasteiger partial charge on any atom is -0.459 e. The Bertz CT molecular complexity index is 644. The first-order valence-corrected chi connectivity index (χ1v) is 8.71. The van der Waals surface area contributed by atoms with Gasteiger partial charge in [0.2, 0.25) is 5.91 Å². The molecule has 2 rings (SSSR count). The third-order valence-electron chi connectivity index (χ3n) is 4.21. The van der Waals surface area contributed by atoms with E-state index in [2.05, 4.69) is 16.3 Å². The SMILES string of the molecule is CC(C)OC(=O)c1cccc(NC(=O)C2CCN(CCC#N)CC2)c1. The van der Waals surface area contributed by atoms with Crippen LogP contribution < -0.4 is 5.32 Å². The Kier molecular flexibility index (Phi) is 6.96. The lowest BCUT2D eigenvalue weighted by Gasteiger charge is -2.30. The number of anilines is 1. The molecule has 1 saturated heterocycles. The van der Waals surface area contributed by atoms with Crippen molar-refractivity contribution < 1.29 is 14.3 Å². The van der Waals surface area contributed by atoms with E-state index in [0.29, 0.717) is 17.7 Å². The molecule has 0 bridgehead atoms. The zero-order valence-electron chi connectivity index (χ0n) is 14.8. The molecule has 1 aromatic rings. The zero-order valence-corrected chi connectivity index (χ0v) is 14.8. The molecule has 1 N–H and O–H groups in total. The molecule has 25 heavy (non-hydrogen) atoms. The van der Waals surface area contributed by atoms with Gasteiger partial charge in [-0.1, -0.05) is 6.07 Å². The molecule has 1 aromatic carbocycles. The van der Waals surface area contributed by atoms with Crippen LogP contribution >= 0.6 is 0 Å². The lowest BCUT2D eigenvalue weighted by Crippen LogP contribution is -2.38. The van der Waals surface area contributed by atoms with Crippen molar-refractivity contribution >= 4 is 17.6 Å². The topological polar surface area (TPSA) is 82.4 Å². The monoisotopic (exact) mass is 343 g/mol. The summed E-state index contributed by atoms with van der Waals surface area (Å²) in [5, 5.41) is 11.5. The highest BCUT2D eigenvalue weighted by Crippen LogP contribution is 2.20. The van der Waals surface area contributed by atoms with Gasteiger partial charge >= 0.3 is 5.97 Å². The Morgan fingerprint density at radius 3 is 2.72 bits per heavy atom. The summed E-state index contributed by atoms with van der Waals surface area (Å²) in [5.41, 5.74) is 1.04. The van der Waals surface area contributed by atoms with Crippen molar-refractivity contribution in [2.45, 2.75) is 39.2 Å². The summed E-state index contributed by atoms with van der Waals surface area (Å²) in [6, 6.07) is 8.97. The van der Waals surface area contributed by atoms with Gasteiger partial charge in [-0.15, -0.1) is 0 Å². The lowest BCUT2D eigenvalue weighted by atomic mass is 9.95. The van der Waals surface area contributed by atoms with Gasteiger partial charge in [0.1, 0.15) is 0 Å². The lowest BCUT2D eigenvalue weighted by molar-refractivity contribution is -0.121. The highest BCUT2D eigenvalue weighted by atomic mass is 16.5. The van der Waals surface area contributed by atoms with E-state index in [-0.39, 0.29) is 17.9 Å². The molecule has 1 amide bonds. The van der Waals surface area contributed by atoms with E-state index < -0.39 is 5.97 Å². The van der Waals surface area contributed by atoms with Crippen molar-refractivity contribution in [3.05, 3.63) is 29.8 Å². The fourth-order valence-electron chi connectivity index (χ4n) is 2.88. The normalized spacial score (nSPS) is 15.6. The maximum absolute atomic E-state index is 12.4. The molecule has 0 aliphatic carbocycles. The van der Waals surface area contributed by atoms with Gasteiger partial charge in [-0.3, -0.25) is 4.79 Å². The Balaban J connectivity index is 1.89. The number of benzene rings is 1. The molecule has 0 aromatic heterocycles. The number of carbonyl (C=O) groups is 2. The first-order chi connectivity index (χ1) is 12.0. The Morgan fingerprint density at radius 1 is 1.36 bits per heavy atom. The van der Waals surface area contributed by atoms with Gasteiger partial charge in [-0.2, -0.15) is 5.26 Å². The molecule has 0 saturated carbocycles. The van der Waals surface area contributed by atoms with Crippen molar-refractivity contribution in [3.63, 3.8) is 0 Å². The standard InChI is InChI=1S/C19H25N3O3/c1-14(2)25-19(24)16-5-3-6-17(13-16)21-18(23)15-7-11-22(12-8-15)10-4-9-20/h3,5-6,13-15H,4,7-8,10-12H2,1-2H3,(H,21,23). The van der Waals surface area contributed by atoms with Crippen molar-refractivity contribution in [1.82, 2.24) is 4.90 Å². The molecular formula is C19H25N3O3. The van der Waals surface area contributed by atoms with E-state index in [9.17, 15) is 9.59 Å². The second-order valence-corrected chi connectivity index (χ2v) is 6.55. The minimum atomic E-state index is -0.392. The summed E-state index contributed by atoms with van der Waals surface area (Å²) in [6.45, 7) is 6.03. The predicted molar refractivity (Wildman–Crippen MR) is 95.0 cm³/mol. The van der Waals surface area contributed by atoms with E-state index in [0.717, 1.165) is 32.5 Å². The molecule has 1 aliphatic rings. The van der Waals surface area contributed by atoms with Crippen LogP contribution in [0.25, 0.3) is 0 Å². The van der Waals surface area contributed by atoms with E-state index in [4.69, 9.17) is 10.00 Å². The second-order valence-electron chi connectivity index (χ2n) is 6.55. The number of piperidine rings is 1. The zero-order chi connectivity index (χ0) is 18.2. The van der Waals surface area contributed by atoms with Gasteiger partial charge in [0.05, 0.1) is 17.7 Å². The highest BCUT2D eigenvalue weighted by Gasteiger charge is 2.25. The molecular weight excluding hydrogens is 318 g/mol. The van der Waals surface area contributed by atoms with Crippen LogP contribution in [0.3, 0.4) is 0 Å². The number of nitriles is 1. The van der Waals surface area contributed by atoms with Crippen LogP contribution in [0.5, 0.6) is 0 Å². The number of likely N-dealkylation sites (tertiary alicyclic amines) is 1. The minimum absolute atomic E-state index is 0.0192. The third-order valence-corrected chi connectivity index (χ3v) is 4.21. The smallest absolute Gasteiger partial charge is 0.338 e. The largest absolute Gasteiger partial charge is 0.459 e. The van der Waals surface area contributed by atoms with Gasteiger partial charge in [-0.25, -0.2) is 4.79 Å². The van der Waals surface area contributed by atoms with Crippen molar-refractivity contribution in [2.24, 2.45) is 5.92 Å². The second kappa shape index (κ2) is 9.19.